The lowest BCUT2D eigenvalue weighted by molar-refractivity contribution is -0.344. The summed E-state index contributed by atoms with van der Waals surface area (Å²) in [4.78, 5) is 30.6. The van der Waals surface area contributed by atoms with Gasteiger partial charge in [0.05, 0.1) is 6.61 Å². The fourth-order valence-corrected chi connectivity index (χ4v) is 12.4. The Hall–Kier alpha value is -7.14. The Bertz CT molecular complexity index is 3250. The lowest BCUT2D eigenvalue weighted by Gasteiger charge is -2.58. The summed E-state index contributed by atoms with van der Waals surface area (Å²) >= 11 is 0. The molecule has 2 aromatic heterocycles. The van der Waals surface area contributed by atoms with Crippen molar-refractivity contribution in [1.82, 2.24) is 15.6 Å². The van der Waals surface area contributed by atoms with E-state index in [1.807, 2.05) is 6.07 Å². The van der Waals surface area contributed by atoms with E-state index >= 15 is 0 Å². The third kappa shape index (κ3) is 8.50. The van der Waals surface area contributed by atoms with E-state index in [2.05, 4.69) is 15.6 Å². The Morgan fingerprint density at radius 1 is 0.960 bits per heavy atom. The molecule has 1 saturated carbocycles. The van der Waals surface area contributed by atoms with Gasteiger partial charge in [0.1, 0.15) is 63.2 Å². The first-order valence-electron chi connectivity index (χ1n) is 25.0. The van der Waals surface area contributed by atoms with E-state index < -0.39 is 94.7 Å². The molecule has 20 nitrogen and oxygen atoms in total. The first-order valence-corrected chi connectivity index (χ1v) is 25.0. The quantitative estimate of drug-likeness (QED) is 0.0692. The van der Waals surface area contributed by atoms with Crippen molar-refractivity contribution in [2.24, 2.45) is 11.8 Å². The zero-order valence-electron chi connectivity index (χ0n) is 40.4. The van der Waals surface area contributed by atoms with E-state index in [0.717, 1.165) is 0 Å². The Morgan fingerprint density at radius 3 is 2.47 bits per heavy atom. The summed E-state index contributed by atoms with van der Waals surface area (Å²) in [6.45, 7) is -0.0153. The molecule has 75 heavy (non-hydrogen) atoms. The van der Waals surface area contributed by atoms with Crippen molar-refractivity contribution >= 4 is 22.8 Å². The number of carbonyl (C=O) groups is 1. The van der Waals surface area contributed by atoms with Crippen LogP contribution in [0.3, 0.4) is 0 Å². The third-order valence-corrected chi connectivity index (χ3v) is 15.8. The standard InChI is InChI=1S/C55H58N4O16/c56-43-17-16-35(59-43)46(64)42(25-60)71-32-14-12-28(13-15-32)39-21-38(63)44-40(72-39)22-41(48(47(44)65)75-54-18-4-7-30(54)6-2-9-33-34(54)10-3-11-37(33)62)73-52-53(69)23-29(19-27-5-1-8-31(61)20-27)45(36-24-57-26-58-36)55(70,51(53)68)49(74-52)50(66)67/h1,3,5,8,10-17,20-23,30,36,42,45-46,49,51-52,57-62,64-65,68-70H,2,4,6-7,9,18-19,24-26,56H2,(H,66,67). The van der Waals surface area contributed by atoms with Crippen LogP contribution in [0.1, 0.15) is 60.6 Å². The van der Waals surface area contributed by atoms with Crippen LogP contribution in [0.4, 0.5) is 5.82 Å². The van der Waals surface area contributed by atoms with Gasteiger partial charge in [0.15, 0.2) is 34.7 Å². The Balaban J connectivity index is 1.04. The number of nitrogens with one attached hydrogen (secondary N) is 3. The van der Waals surface area contributed by atoms with Gasteiger partial charge in [-0.2, -0.15) is 0 Å². The number of aromatic amines is 1. The van der Waals surface area contributed by atoms with Gasteiger partial charge in [-0.1, -0.05) is 29.8 Å². The van der Waals surface area contributed by atoms with Crippen molar-refractivity contribution in [3.05, 3.63) is 135 Å². The van der Waals surface area contributed by atoms with Crippen LogP contribution in [0.25, 0.3) is 22.3 Å². The summed E-state index contributed by atoms with van der Waals surface area (Å²) in [7, 11) is 0. The second-order valence-electron chi connectivity index (χ2n) is 20.3. The highest BCUT2D eigenvalue weighted by molar-refractivity contribution is 5.90. The maximum absolute atomic E-state index is 14.4. The molecular weight excluding hydrogens is 973 g/mol. The number of carboxylic acids is 1. The van der Waals surface area contributed by atoms with Gasteiger partial charge in [-0.05, 0) is 111 Å². The normalized spacial score (nSPS) is 28.9. The van der Waals surface area contributed by atoms with Gasteiger partial charge in [0.2, 0.25) is 12.0 Å². The van der Waals surface area contributed by atoms with Crippen LogP contribution < -0.4 is 36.0 Å². The van der Waals surface area contributed by atoms with Crippen molar-refractivity contribution in [2.75, 3.05) is 25.6 Å². The van der Waals surface area contributed by atoms with Gasteiger partial charge < -0.3 is 85.4 Å². The number of phenolic OH excluding ortho intramolecular Hbond substituents is 3. The number of hydrogen-bond acceptors (Lipinski definition) is 18. The zero-order chi connectivity index (χ0) is 52.6. The Labute approximate surface area is 428 Å². The maximum atomic E-state index is 14.4. The van der Waals surface area contributed by atoms with Crippen LogP contribution >= 0.6 is 0 Å². The van der Waals surface area contributed by atoms with Gasteiger partial charge in [-0.25, -0.2) is 4.79 Å². The van der Waals surface area contributed by atoms with Gasteiger partial charge in [0.25, 0.3) is 0 Å². The lowest BCUT2D eigenvalue weighted by atomic mass is 9.59. The van der Waals surface area contributed by atoms with Crippen LogP contribution in [-0.4, -0.2) is 119 Å². The average Bonchev–Trinajstić information content (AvgIpc) is 4.17. The first kappa shape index (κ1) is 50.0. The van der Waals surface area contributed by atoms with E-state index in [-0.39, 0.29) is 52.9 Å². The largest absolute Gasteiger partial charge is 0.508 e. The molecule has 4 heterocycles. The highest BCUT2D eigenvalue weighted by atomic mass is 16.7. The molecule has 2 bridgehead atoms. The SMILES string of the molecule is Nc1ccc(C(O)C(CO)Oc2ccc(-c3cc(=O)c4c(O)c(OC56CCCC5CCCc5c(O)cccc56)c(OC5OC(C(=O)O)C6(O)C(C7CNCN7)C(Cc7cccc(O)c7)=CC5(O)C6O)cc4o3)cc2)[nH]1. The Morgan fingerprint density at radius 2 is 1.75 bits per heavy atom. The summed E-state index contributed by atoms with van der Waals surface area (Å²) in [5.41, 5.74) is 1.04. The molecule has 3 aliphatic carbocycles. The zero-order valence-corrected chi connectivity index (χ0v) is 40.4. The number of aromatic nitrogens is 1. The number of ether oxygens (including phenoxy) is 4. The minimum absolute atomic E-state index is 0.00752. The summed E-state index contributed by atoms with van der Waals surface area (Å²) in [5, 5.41) is 110. The number of aliphatic hydroxyl groups excluding tert-OH is 3. The fraction of sp³-hybridized carbons (Fsp3) is 0.382. The summed E-state index contributed by atoms with van der Waals surface area (Å²) in [6.07, 6.45) is -4.04. The number of nitrogen functional groups attached to an aromatic ring is 1. The number of H-pyrrole nitrogens is 1. The van der Waals surface area contributed by atoms with Crippen LogP contribution in [0, 0.1) is 11.8 Å². The molecule has 4 aromatic carbocycles. The molecule has 11 unspecified atom stereocenters. The minimum atomic E-state index is -2.72. The molecule has 3 fully saturated rings. The molecule has 394 valence electrons. The van der Waals surface area contributed by atoms with Crippen LogP contribution in [0.15, 0.2) is 112 Å². The Kier molecular flexibility index (Phi) is 12.8. The van der Waals surface area contributed by atoms with Crippen LogP contribution in [0.5, 0.6) is 34.5 Å². The van der Waals surface area contributed by atoms with E-state index in [0.29, 0.717) is 84.5 Å². The van der Waals surface area contributed by atoms with Crippen molar-refractivity contribution in [2.45, 2.75) is 98.5 Å². The van der Waals surface area contributed by atoms with Gasteiger partial charge >= 0.3 is 5.97 Å². The first-order chi connectivity index (χ1) is 36.0. The number of carboxylic acid groups (broad SMARTS) is 1. The second-order valence-corrected chi connectivity index (χ2v) is 20.3. The van der Waals surface area contributed by atoms with E-state index in [9.17, 15) is 55.5 Å². The van der Waals surface area contributed by atoms with E-state index in [1.54, 1.807) is 48.5 Å². The van der Waals surface area contributed by atoms with Crippen molar-refractivity contribution in [3.63, 3.8) is 0 Å². The number of aromatic hydroxyl groups is 3. The highest BCUT2D eigenvalue weighted by Crippen LogP contribution is 2.57. The fourth-order valence-electron chi connectivity index (χ4n) is 12.4. The highest BCUT2D eigenvalue weighted by Gasteiger charge is 2.71. The molecule has 20 heteroatoms. The number of fused-ring (bicyclic) bond motifs is 6. The summed E-state index contributed by atoms with van der Waals surface area (Å²) < 4.78 is 32.1. The number of hydrogen-bond donors (Lipinski definition) is 13. The topological polar surface area (TPSA) is 332 Å². The predicted octanol–water partition coefficient (Wildman–Crippen LogP) is 3.70. The van der Waals surface area contributed by atoms with Gasteiger partial charge in [-0.15, -0.1) is 0 Å². The predicted molar refractivity (Wildman–Crippen MR) is 268 cm³/mol. The monoisotopic (exact) mass is 1030 g/mol. The van der Waals surface area contributed by atoms with Crippen molar-refractivity contribution in [3.8, 4) is 45.8 Å². The van der Waals surface area contributed by atoms with Gasteiger partial charge in [-0.3, -0.25) is 10.1 Å². The number of aliphatic hydroxyl groups is 5. The molecule has 5 aliphatic rings. The molecule has 2 aliphatic heterocycles. The number of anilines is 1. The summed E-state index contributed by atoms with van der Waals surface area (Å²) in [5.74, 6) is -3.99. The lowest BCUT2D eigenvalue weighted by Crippen LogP contribution is -2.79. The second kappa shape index (κ2) is 19.2. The molecular formula is C55H58N4O16. The van der Waals surface area contributed by atoms with Crippen molar-refractivity contribution in [1.29, 1.82) is 0 Å². The summed E-state index contributed by atoms with van der Waals surface area (Å²) in [6, 6.07) is 22.5. The molecule has 2 saturated heterocycles. The molecule has 11 atom stereocenters. The van der Waals surface area contributed by atoms with Crippen molar-refractivity contribution < 1.29 is 74.1 Å². The van der Waals surface area contributed by atoms with Gasteiger partial charge in [0, 0.05) is 65.6 Å². The number of phenols is 3. The number of benzene rings is 4. The molecule has 0 amide bonds. The molecule has 6 aromatic rings. The average molecular weight is 1030 g/mol. The van der Waals surface area contributed by atoms with Crippen LogP contribution in [0.2, 0.25) is 0 Å². The van der Waals surface area contributed by atoms with E-state index in [4.69, 9.17) is 29.1 Å². The molecule has 0 spiro atoms. The van der Waals surface area contributed by atoms with E-state index in [1.165, 1.54) is 42.5 Å². The number of rotatable bonds is 14. The molecule has 0 radical (unpaired) electrons. The third-order valence-electron chi connectivity index (χ3n) is 15.8. The smallest absolute Gasteiger partial charge is 0.336 e. The maximum Gasteiger partial charge on any atom is 0.336 e. The molecule has 14 N–H and O–H groups in total. The minimum Gasteiger partial charge on any atom is -0.508 e. The number of nitrogens with two attached hydrogens (primary N) is 1. The van der Waals surface area contributed by atoms with Crippen LogP contribution in [-0.2, 0) is 28.0 Å². The number of aliphatic carboxylic acids is 1. The molecule has 11 rings (SSSR count).